The predicted molar refractivity (Wildman–Crippen MR) is 61.3 cm³/mol. The second-order valence-electron chi connectivity index (χ2n) is 4.32. The van der Waals surface area contributed by atoms with Crippen LogP contribution in [0.4, 0.5) is 0 Å². The Kier molecular flexibility index (Phi) is 3.66. The molecule has 1 fully saturated rings. The number of carboxylic acid groups (broad SMARTS) is 1. The van der Waals surface area contributed by atoms with Gasteiger partial charge in [-0.25, -0.2) is 4.79 Å². The molecule has 2 atom stereocenters. The molecule has 2 rings (SSSR count). The number of amides is 1. The average Bonchev–Trinajstić information content (AvgIpc) is 2.94. The lowest BCUT2D eigenvalue weighted by molar-refractivity contribution is -0.149. The summed E-state index contributed by atoms with van der Waals surface area (Å²) in [6, 6.07) is 1.64. The Bertz CT molecular complexity index is 453. The van der Waals surface area contributed by atoms with Gasteiger partial charge in [-0.3, -0.25) is 4.79 Å². The van der Waals surface area contributed by atoms with Gasteiger partial charge in [-0.05, 0) is 25.8 Å². The number of hydrogen-bond acceptors (Lipinski definition) is 4. The largest absolute Gasteiger partial charge is 0.479 e. The van der Waals surface area contributed by atoms with Crippen molar-refractivity contribution in [2.24, 2.45) is 0 Å². The standard InChI is InChI=1S/C12H15NO5/c1-7-4-8(6-17-7)11(14)13-5-9-2-3-10(18-9)12(15)16/h4,6,9-10H,2-3,5H2,1H3,(H,13,14)(H,15,16). The van der Waals surface area contributed by atoms with E-state index in [2.05, 4.69) is 5.32 Å². The maximum atomic E-state index is 11.7. The van der Waals surface area contributed by atoms with Crippen molar-refractivity contribution in [3.05, 3.63) is 23.7 Å². The van der Waals surface area contributed by atoms with Gasteiger partial charge < -0.3 is 19.6 Å². The maximum absolute atomic E-state index is 11.7. The van der Waals surface area contributed by atoms with E-state index < -0.39 is 12.1 Å². The predicted octanol–water partition coefficient (Wildman–Crippen LogP) is 0.950. The van der Waals surface area contributed by atoms with Crippen molar-refractivity contribution in [1.82, 2.24) is 5.32 Å². The maximum Gasteiger partial charge on any atom is 0.332 e. The third kappa shape index (κ3) is 2.89. The van der Waals surface area contributed by atoms with Gasteiger partial charge in [-0.15, -0.1) is 0 Å². The molecule has 0 spiro atoms. The van der Waals surface area contributed by atoms with Gasteiger partial charge in [0.05, 0.1) is 11.7 Å². The van der Waals surface area contributed by atoms with Crippen LogP contribution >= 0.6 is 0 Å². The first-order valence-electron chi connectivity index (χ1n) is 5.78. The molecular weight excluding hydrogens is 238 g/mol. The Balaban J connectivity index is 1.79. The van der Waals surface area contributed by atoms with Crippen LogP contribution in [-0.2, 0) is 9.53 Å². The zero-order chi connectivity index (χ0) is 13.1. The molecule has 0 radical (unpaired) electrons. The minimum Gasteiger partial charge on any atom is -0.479 e. The lowest BCUT2D eigenvalue weighted by Gasteiger charge is -2.11. The molecule has 6 heteroatoms. The molecule has 1 amide bonds. The Morgan fingerprint density at radius 3 is 2.83 bits per heavy atom. The van der Waals surface area contributed by atoms with E-state index in [4.69, 9.17) is 14.3 Å². The Labute approximate surface area is 104 Å². The zero-order valence-electron chi connectivity index (χ0n) is 10.0. The van der Waals surface area contributed by atoms with Gasteiger partial charge in [0.25, 0.3) is 5.91 Å². The van der Waals surface area contributed by atoms with Gasteiger partial charge in [0.2, 0.25) is 0 Å². The first-order chi connectivity index (χ1) is 8.56. The van der Waals surface area contributed by atoms with Crippen LogP contribution in [0.1, 0.15) is 29.0 Å². The highest BCUT2D eigenvalue weighted by Gasteiger charge is 2.30. The van der Waals surface area contributed by atoms with Crippen molar-refractivity contribution in [1.29, 1.82) is 0 Å². The van der Waals surface area contributed by atoms with E-state index >= 15 is 0 Å². The highest BCUT2D eigenvalue weighted by molar-refractivity contribution is 5.93. The summed E-state index contributed by atoms with van der Waals surface area (Å²) >= 11 is 0. The van der Waals surface area contributed by atoms with E-state index in [9.17, 15) is 9.59 Å². The second kappa shape index (κ2) is 5.22. The van der Waals surface area contributed by atoms with Gasteiger partial charge in [-0.2, -0.15) is 0 Å². The van der Waals surface area contributed by atoms with E-state index in [0.29, 0.717) is 30.7 Å². The molecule has 1 saturated heterocycles. The summed E-state index contributed by atoms with van der Waals surface area (Å²) in [5, 5.41) is 11.5. The van der Waals surface area contributed by atoms with Gasteiger partial charge in [0.1, 0.15) is 12.0 Å². The fourth-order valence-corrected chi connectivity index (χ4v) is 1.91. The SMILES string of the molecule is Cc1cc(C(=O)NCC2CCC(C(=O)O)O2)co1. The number of rotatable bonds is 4. The smallest absolute Gasteiger partial charge is 0.332 e. The highest BCUT2D eigenvalue weighted by Crippen LogP contribution is 2.19. The number of hydrogen-bond donors (Lipinski definition) is 2. The van der Waals surface area contributed by atoms with Crippen molar-refractivity contribution in [3.63, 3.8) is 0 Å². The van der Waals surface area contributed by atoms with Crippen LogP contribution in [0.25, 0.3) is 0 Å². The molecule has 2 heterocycles. The summed E-state index contributed by atoms with van der Waals surface area (Å²) in [5.74, 6) is -0.522. The Morgan fingerprint density at radius 1 is 1.50 bits per heavy atom. The zero-order valence-corrected chi connectivity index (χ0v) is 10.0. The van der Waals surface area contributed by atoms with Gasteiger partial charge in [0.15, 0.2) is 6.10 Å². The molecule has 0 bridgehead atoms. The molecule has 0 saturated carbocycles. The molecule has 2 unspecified atom stereocenters. The van der Waals surface area contributed by atoms with E-state index in [-0.39, 0.29) is 12.0 Å². The number of aliphatic carboxylic acids is 1. The van der Waals surface area contributed by atoms with E-state index in [0.717, 1.165) is 0 Å². The molecule has 1 aromatic rings. The van der Waals surface area contributed by atoms with Crippen molar-refractivity contribution >= 4 is 11.9 Å². The van der Waals surface area contributed by atoms with E-state index in [1.54, 1.807) is 13.0 Å². The van der Waals surface area contributed by atoms with Crippen molar-refractivity contribution in [2.45, 2.75) is 32.0 Å². The first kappa shape index (κ1) is 12.6. The molecule has 18 heavy (non-hydrogen) atoms. The summed E-state index contributed by atoms with van der Waals surface area (Å²) in [6.45, 7) is 2.07. The molecule has 6 nitrogen and oxygen atoms in total. The summed E-state index contributed by atoms with van der Waals surface area (Å²) in [4.78, 5) is 22.4. The van der Waals surface area contributed by atoms with Crippen molar-refractivity contribution < 1.29 is 23.8 Å². The quantitative estimate of drug-likeness (QED) is 0.834. The van der Waals surface area contributed by atoms with Crippen LogP contribution in [0.15, 0.2) is 16.7 Å². The van der Waals surface area contributed by atoms with Crippen LogP contribution in [0.2, 0.25) is 0 Å². The summed E-state index contributed by atoms with van der Waals surface area (Å²) in [7, 11) is 0. The number of carbonyl (C=O) groups excluding carboxylic acids is 1. The molecule has 0 aliphatic carbocycles. The van der Waals surface area contributed by atoms with Gasteiger partial charge >= 0.3 is 5.97 Å². The summed E-state index contributed by atoms with van der Waals surface area (Å²) in [6.07, 6.45) is 1.54. The summed E-state index contributed by atoms with van der Waals surface area (Å²) in [5.41, 5.74) is 0.459. The first-order valence-corrected chi connectivity index (χ1v) is 5.78. The Hall–Kier alpha value is -1.82. The molecule has 2 N–H and O–H groups in total. The number of carbonyl (C=O) groups is 2. The highest BCUT2D eigenvalue weighted by atomic mass is 16.5. The molecule has 98 valence electrons. The molecule has 1 aliphatic heterocycles. The summed E-state index contributed by atoms with van der Waals surface area (Å²) < 4.78 is 10.3. The molecular formula is C12H15NO5. The fourth-order valence-electron chi connectivity index (χ4n) is 1.91. The lowest BCUT2D eigenvalue weighted by atomic mass is 10.2. The van der Waals surface area contributed by atoms with Crippen LogP contribution in [0.3, 0.4) is 0 Å². The third-order valence-corrected chi connectivity index (χ3v) is 2.87. The molecule has 0 aromatic carbocycles. The normalized spacial score (nSPS) is 22.9. The monoisotopic (exact) mass is 253 g/mol. The van der Waals surface area contributed by atoms with Crippen LogP contribution in [0.5, 0.6) is 0 Å². The number of carboxylic acids is 1. The number of ether oxygens (including phenoxy) is 1. The lowest BCUT2D eigenvalue weighted by Crippen LogP contribution is -2.32. The van der Waals surface area contributed by atoms with Crippen LogP contribution < -0.4 is 5.32 Å². The third-order valence-electron chi connectivity index (χ3n) is 2.87. The number of nitrogens with one attached hydrogen (secondary N) is 1. The van der Waals surface area contributed by atoms with Crippen molar-refractivity contribution in [3.8, 4) is 0 Å². The number of aryl methyl sites for hydroxylation is 1. The van der Waals surface area contributed by atoms with E-state index in [1.165, 1.54) is 6.26 Å². The van der Waals surface area contributed by atoms with Gasteiger partial charge in [0, 0.05) is 6.54 Å². The topological polar surface area (TPSA) is 88.8 Å². The average molecular weight is 253 g/mol. The Morgan fingerprint density at radius 2 is 2.28 bits per heavy atom. The molecule has 1 aliphatic rings. The fraction of sp³-hybridized carbons (Fsp3) is 0.500. The van der Waals surface area contributed by atoms with Crippen molar-refractivity contribution in [2.75, 3.05) is 6.54 Å². The minimum absolute atomic E-state index is 0.233. The minimum atomic E-state index is -0.950. The molecule has 1 aromatic heterocycles. The van der Waals surface area contributed by atoms with Crippen LogP contribution in [0, 0.1) is 6.92 Å². The van der Waals surface area contributed by atoms with Crippen LogP contribution in [-0.4, -0.2) is 35.7 Å². The van der Waals surface area contributed by atoms with E-state index in [1.807, 2.05) is 0 Å². The number of furan rings is 1. The second-order valence-corrected chi connectivity index (χ2v) is 4.32. The van der Waals surface area contributed by atoms with Gasteiger partial charge in [-0.1, -0.05) is 0 Å².